The van der Waals surface area contributed by atoms with Crippen LogP contribution in [0.1, 0.15) is 26.7 Å². The minimum absolute atomic E-state index is 0.0163. The molecule has 0 bridgehead atoms. The van der Waals surface area contributed by atoms with E-state index >= 15 is 0 Å². The summed E-state index contributed by atoms with van der Waals surface area (Å²) in [6.07, 6.45) is 1.23. The molecule has 1 saturated heterocycles. The predicted molar refractivity (Wildman–Crippen MR) is 57.0 cm³/mol. The van der Waals surface area contributed by atoms with Gasteiger partial charge >= 0.3 is 0 Å². The maximum absolute atomic E-state index is 11.6. The summed E-state index contributed by atoms with van der Waals surface area (Å²) < 4.78 is 0. The Morgan fingerprint density at radius 1 is 1.73 bits per heavy atom. The van der Waals surface area contributed by atoms with Gasteiger partial charge in [0.1, 0.15) is 0 Å². The number of hydrogen-bond acceptors (Lipinski definition) is 3. The van der Waals surface area contributed by atoms with Crippen LogP contribution in [0.2, 0.25) is 0 Å². The fourth-order valence-corrected chi connectivity index (χ4v) is 1.52. The van der Waals surface area contributed by atoms with E-state index in [1.54, 1.807) is 0 Å². The first kappa shape index (κ1) is 12.0. The molecule has 0 spiro atoms. The Morgan fingerprint density at radius 3 is 2.87 bits per heavy atom. The van der Waals surface area contributed by atoms with Crippen molar-refractivity contribution >= 4 is 11.8 Å². The summed E-state index contributed by atoms with van der Waals surface area (Å²) in [7, 11) is 0. The van der Waals surface area contributed by atoms with Crippen LogP contribution in [0.4, 0.5) is 0 Å². The number of nitrogens with two attached hydrogens (primary N) is 1. The highest BCUT2D eigenvalue weighted by molar-refractivity contribution is 5.84. The molecule has 5 nitrogen and oxygen atoms in total. The molecule has 3 atom stereocenters. The Labute approximate surface area is 89.8 Å². The van der Waals surface area contributed by atoms with Gasteiger partial charge in [-0.15, -0.1) is 0 Å². The van der Waals surface area contributed by atoms with E-state index in [1.165, 1.54) is 0 Å². The molecule has 0 saturated carbocycles. The maximum atomic E-state index is 11.6. The molecule has 2 amide bonds. The van der Waals surface area contributed by atoms with Crippen LogP contribution in [0, 0.1) is 5.92 Å². The number of nitrogens with one attached hydrogen (secondary N) is 2. The molecule has 4 N–H and O–H groups in total. The van der Waals surface area contributed by atoms with Crippen molar-refractivity contribution < 1.29 is 9.59 Å². The minimum Gasteiger partial charge on any atom is -0.354 e. The standard InChI is InChI=1S/C10H19N3O2/c1-3-6(2)9(11)10(15)13-7-4-8(14)12-5-7/h6-7,9H,3-5,11H2,1-2H3,(H,12,14)(H,13,15). The summed E-state index contributed by atoms with van der Waals surface area (Å²) in [5.41, 5.74) is 5.77. The summed E-state index contributed by atoms with van der Waals surface area (Å²) >= 11 is 0. The van der Waals surface area contributed by atoms with Crippen molar-refractivity contribution in [2.45, 2.75) is 38.8 Å². The van der Waals surface area contributed by atoms with Gasteiger partial charge in [-0.2, -0.15) is 0 Å². The molecule has 0 aliphatic carbocycles. The molecule has 3 unspecified atom stereocenters. The third-order valence-electron chi connectivity index (χ3n) is 2.88. The normalized spacial score (nSPS) is 24.5. The lowest BCUT2D eigenvalue weighted by Gasteiger charge is -2.19. The van der Waals surface area contributed by atoms with Crippen molar-refractivity contribution in [1.82, 2.24) is 10.6 Å². The SMILES string of the molecule is CCC(C)C(N)C(=O)NC1CNC(=O)C1. The van der Waals surface area contributed by atoms with Gasteiger partial charge in [0.05, 0.1) is 12.1 Å². The minimum atomic E-state index is -0.481. The van der Waals surface area contributed by atoms with Gasteiger partial charge in [0, 0.05) is 13.0 Å². The molecule has 1 aliphatic heterocycles. The van der Waals surface area contributed by atoms with Crippen molar-refractivity contribution in [2.75, 3.05) is 6.54 Å². The van der Waals surface area contributed by atoms with Gasteiger partial charge in [0.2, 0.25) is 11.8 Å². The molecule has 1 aliphatic rings. The molecule has 15 heavy (non-hydrogen) atoms. The van der Waals surface area contributed by atoms with Crippen molar-refractivity contribution in [3.8, 4) is 0 Å². The zero-order valence-electron chi connectivity index (χ0n) is 9.25. The van der Waals surface area contributed by atoms with Crippen molar-refractivity contribution in [3.05, 3.63) is 0 Å². The molecule has 0 radical (unpaired) electrons. The Bertz CT molecular complexity index is 255. The zero-order chi connectivity index (χ0) is 11.4. The molecule has 0 aromatic rings. The molecule has 1 fully saturated rings. The second-order valence-corrected chi connectivity index (χ2v) is 4.13. The van der Waals surface area contributed by atoms with Crippen LogP contribution < -0.4 is 16.4 Å². The van der Waals surface area contributed by atoms with Gasteiger partial charge in [0.25, 0.3) is 0 Å². The van der Waals surface area contributed by atoms with E-state index in [2.05, 4.69) is 10.6 Å². The monoisotopic (exact) mass is 213 g/mol. The van der Waals surface area contributed by atoms with E-state index in [0.717, 1.165) is 6.42 Å². The molecular weight excluding hydrogens is 194 g/mol. The lowest BCUT2D eigenvalue weighted by Crippen LogP contribution is -2.48. The third kappa shape index (κ3) is 3.20. The fraction of sp³-hybridized carbons (Fsp3) is 0.800. The maximum Gasteiger partial charge on any atom is 0.237 e. The van der Waals surface area contributed by atoms with Crippen LogP contribution in [0.5, 0.6) is 0 Å². The Kier molecular flexibility index (Phi) is 4.08. The number of amides is 2. The van der Waals surface area contributed by atoms with Crippen LogP contribution in [-0.2, 0) is 9.59 Å². The highest BCUT2D eigenvalue weighted by atomic mass is 16.2. The molecular formula is C10H19N3O2. The van der Waals surface area contributed by atoms with E-state index < -0.39 is 6.04 Å². The van der Waals surface area contributed by atoms with Gasteiger partial charge in [-0.3, -0.25) is 9.59 Å². The highest BCUT2D eigenvalue weighted by Gasteiger charge is 2.26. The summed E-state index contributed by atoms with van der Waals surface area (Å²) in [6.45, 7) is 4.46. The Hall–Kier alpha value is -1.10. The van der Waals surface area contributed by atoms with Gasteiger partial charge in [-0.1, -0.05) is 20.3 Å². The zero-order valence-corrected chi connectivity index (χ0v) is 9.25. The summed E-state index contributed by atoms with van der Waals surface area (Å²) in [4.78, 5) is 22.5. The smallest absolute Gasteiger partial charge is 0.237 e. The number of carbonyl (C=O) groups is 2. The lowest BCUT2D eigenvalue weighted by atomic mass is 9.99. The van der Waals surface area contributed by atoms with Crippen LogP contribution in [0.15, 0.2) is 0 Å². The van der Waals surface area contributed by atoms with Crippen molar-refractivity contribution in [2.24, 2.45) is 11.7 Å². The lowest BCUT2D eigenvalue weighted by molar-refractivity contribution is -0.124. The number of hydrogen-bond donors (Lipinski definition) is 3. The number of carbonyl (C=O) groups excluding carboxylic acids is 2. The molecule has 0 aromatic heterocycles. The molecule has 1 rings (SSSR count). The summed E-state index contributed by atoms with van der Waals surface area (Å²) in [5.74, 6) is -0.0154. The summed E-state index contributed by atoms with van der Waals surface area (Å²) in [6, 6.07) is -0.578. The van der Waals surface area contributed by atoms with Gasteiger partial charge in [0.15, 0.2) is 0 Å². The van der Waals surface area contributed by atoms with E-state index in [4.69, 9.17) is 5.73 Å². The van der Waals surface area contributed by atoms with Crippen molar-refractivity contribution in [1.29, 1.82) is 0 Å². The van der Waals surface area contributed by atoms with Crippen LogP contribution in [0.25, 0.3) is 0 Å². The molecule has 1 heterocycles. The van der Waals surface area contributed by atoms with Gasteiger partial charge in [-0.05, 0) is 5.92 Å². The first-order valence-electron chi connectivity index (χ1n) is 5.37. The molecule has 0 aromatic carbocycles. The first-order chi connectivity index (χ1) is 7.04. The summed E-state index contributed by atoms with van der Waals surface area (Å²) in [5, 5.41) is 5.44. The largest absolute Gasteiger partial charge is 0.354 e. The van der Waals surface area contributed by atoms with Crippen LogP contribution in [-0.4, -0.2) is 30.4 Å². The van der Waals surface area contributed by atoms with Crippen molar-refractivity contribution in [3.63, 3.8) is 0 Å². The van der Waals surface area contributed by atoms with E-state index in [1.807, 2.05) is 13.8 Å². The molecule has 86 valence electrons. The third-order valence-corrected chi connectivity index (χ3v) is 2.88. The fourth-order valence-electron chi connectivity index (χ4n) is 1.52. The predicted octanol–water partition coefficient (Wildman–Crippen LogP) is -0.635. The highest BCUT2D eigenvalue weighted by Crippen LogP contribution is 2.06. The second kappa shape index (κ2) is 5.11. The van der Waals surface area contributed by atoms with Crippen LogP contribution >= 0.6 is 0 Å². The second-order valence-electron chi connectivity index (χ2n) is 4.13. The average molecular weight is 213 g/mol. The Balaban J connectivity index is 2.38. The van der Waals surface area contributed by atoms with E-state index in [9.17, 15) is 9.59 Å². The first-order valence-corrected chi connectivity index (χ1v) is 5.37. The Morgan fingerprint density at radius 2 is 2.40 bits per heavy atom. The van der Waals surface area contributed by atoms with E-state index in [0.29, 0.717) is 13.0 Å². The number of rotatable bonds is 4. The molecule has 5 heteroatoms. The van der Waals surface area contributed by atoms with Gasteiger partial charge < -0.3 is 16.4 Å². The average Bonchev–Trinajstić information content (AvgIpc) is 2.61. The van der Waals surface area contributed by atoms with Gasteiger partial charge in [-0.25, -0.2) is 0 Å². The topological polar surface area (TPSA) is 84.2 Å². The quantitative estimate of drug-likeness (QED) is 0.581. The van der Waals surface area contributed by atoms with Crippen LogP contribution in [0.3, 0.4) is 0 Å². The van der Waals surface area contributed by atoms with E-state index in [-0.39, 0.29) is 23.8 Å².